The number of fused-ring (bicyclic) bond motifs is 3. The van der Waals surface area contributed by atoms with Crippen LogP contribution >= 0.6 is 34.2 Å². The highest BCUT2D eigenvalue weighted by Gasteiger charge is 2.10. The third-order valence-corrected chi connectivity index (χ3v) is 3.60. The Morgan fingerprint density at radius 3 is 2.62 bits per heavy atom. The molecular weight excluding hydrogens is 338 g/mol. The molecule has 3 aromatic rings. The Morgan fingerprint density at radius 1 is 1.06 bits per heavy atom. The van der Waals surface area contributed by atoms with Gasteiger partial charge in [0.15, 0.2) is 0 Å². The Balaban J connectivity index is 2.51. The zero-order chi connectivity index (χ0) is 11.3. The number of hydrogen-bond donors (Lipinski definition) is 1. The van der Waals surface area contributed by atoms with E-state index in [1.165, 1.54) is 0 Å². The summed E-state index contributed by atoms with van der Waals surface area (Å²) in [7, 11) is 0. The van der Waals surface area contributed by atoms with Gasteiger partial charge in [-0.25, -0.2) is 0 Å². The fraction of sp³-hybridized carbons (Fsp3) is 0. The van der Waals surface area contributed by atoms with Crippen molar-refractivity contribution in [1.29, 1.82) is 0 Å². The van der Waals surface area contributed by atoms with Crippen LogP contribution in [0, 0.1) is 3.57 Å². The summed E-state index contributed by atoms with van der Waals surface area (Å²) in [5, 5.41) is 12.2. The molecule has 3 rings (SSSR count). The Kier molecular flexibility index (Phi) is 2.26. The predicted molar refractivity (Wildman–Crippen MR) is 73.1 cm³/mol. The van der Waals surface area contributed by atoms with E-state index in [1.54, 1.807) is 12.1 Å². The maximum absolute atomic E-state index is 9.67. The molecule has 0 atom stereocenters. The van der Waals surface area contributed by atoms with Gasteiger partial charge < -0.3 is 9.52 Å². The second kappa shape index (κ2) is 3.53. The van der Waals surface area contributed by atoms with Gasteiger partial charge in [-0.2, -0.15) is 0 Å². The normalized spacial score (nSPS) is 11.4. The summed E-state index contributed by atoms with van der Waals surface area (Å²) in [6.45, 7) is 0. The number of phenolic OH excluding ortho intramolecular Hbond substituents is 1. The lowest BCUT2D eigenvalue weighted by Gasteiger charge is -1.95. The van der Waals surface area contributed by atoms with E-state index in [0.29, 0.717) is 5.02 Å². The maximum atomic E-state index is 9.67. The highest BCUT2D eigenvalue weighted by Crippen LogP contribution is 2.34. The van der Waals surface area contributed by atoms with E-state index in [9.17, 15) is 5.11 Å². The first-order chi connectivity index (χ1) is 7.65. The van der Waals surface area contributed by atoms with Crippen molar-refractivity contribution in [2.45, 2.75) is 0 Å². The largest absolute Gasteiger partial charge is 0.507 e. The molecule has 2 nitrogen and oxygen atoms in total. The van der Waals surface area contributed by atoms with E-state index in [0.717, 1.165) is 25.5 Å². The molecule has 1 N–H and O–H groups in total. The van der Waals surface area contributed by atoms with Crippen LogP contribution in [-0.2, 0) is 0 Å². The van der Waals surface area contributed by atoms with E-state index in [-0.39, 0.29) is 5.75 Å². The minimum absolute atomic E-state index is 0.269. The standard InChI is InChI=1S/C12H6ClIO2/c13-6-1-2-7-8-4-10(15)9(14)5-12(8)16-11(7)3-6/h1-5,15H. The zero-order valence-corrected chi connectivity index (χ0v) is 10.9. The second-order valence-electron chi connectivity index (χ2n) is 3.54. The monoisotopic (exact) mass is 344 g/mol. The van der Waals surface area contributed by atoms with Gasteiger partial charge in [-0.3, -0.25) is 0 Å². The SMILES string of the molecule is Oc1cc2c(cc1I)oc1cc(Cl)ccc12. The molecule has 80 valence electrons. The van der Waals surface area contributed by atoms with Crippen LogP contribution in [0.5, 0.6) is 5.75 Å². The number of benzene rings is 2. The molecule has 1 heterocycles. The highest BCUT2D eigenvalue weighted by atomic mass is 127. The van der Waals surface area contributed by atoms with Crippen LogP contribution in [0.3, 0.4) is 0 Å². The number of aromatic hydroxyl groups is 1. The number of rotatable bonds is 0. The number of phenols is 1. The maximum Gasteiger partial charge on any atom is 0.136 e. The predicted octanol–water partition coefficient (Wildman–Crippen LogP) is 4.55. The minimum atomic E-state index is 0.269. The van der Waals surface area contributed by atoms with Crippen LogP contribution in [0.25, 0.3) is 21.9 Å². The van der Waals surface area contributed by atoms with Crippen LogP contribution < -0.4 is 0 Å². The lowest BCUT2D eigenvalue weighted by molar-refractivity contribution is 0.472. The summed E-state index contributed by atoms with van der Waals surface area (Å²) in [5.41, 5.74) is 1.50. The molecule has 1 aromatic heterocycles. The molecule has 4 heteroatoms. The lowest BCUT2D eigenvalue weighted by atomic mass is 10.1. The first-order valence-corrected chi connectivity index (χ1v) is 6.11. The first-order valence-electron chi connectivity index (χ1n) is 4.65. The van der Waals surface area contributed by atoms with Gasteiger partial charge in [0.1, 0.15) is 16.9 Å². The molecule has 0 saturated carbocycles. The molecule has 0 spiro atoms. The van der Waals surface area contributed by atoms with E-state index < -0.39 is 0 Å². The molecule has 0 aliphatic carbocycles. The Morgan fingerprint density at radius 2 is 1.81 bits per heavy atom. The molecule has 0 saturated heterocycles. The molecule has 0 fully saturated rings. The van der Waals surface area contributed by atoms with Gasteiger partial charge in [0.2, 0.25) is 0 Å². The van der Waals surface area contributed by atoms with E-state index in [1.807, 2.05) is 18.2 Å². The smallest absolute Gasteiger partial charge is 0.136 e. The second-order valence-corrected chi connectivity index (χ2v) is 5.14. The van der Waals surface area contributed by atoms with Gasteiger partial charge in [-0.15, -0.1) is 0 Å². The van der Waals surface area contributed by atoms with Crippen LogP contribution in [0.2, 0.25) is 5.02 Å². The Hall–Kier alpha value is -0.940. The number of hydrogen-bond acceptors (Lipinski definition) is 2. The average Bonchev–Trinajstić information content (AvgIpc) is 2.55. The van der Waals surface area contributed by atoms with Crippen molar-refractivity contribution >= 4 is 56.1 Å². The zero-order valence-electron chi connectivity index (χ0n) is 8.00. The fourth-order valence-corrected chi connectivity index (χ4v) is 2.36. The van der Waals surface area contributed by atoms with Gasteiger partial charge >= 0.3 is 0 Å². The van der Waals surface area contributed by atoms with Crippen molar-refractivity contribution in [3.63, 3.8) is 0 Å². The molecule has 0 aliphatic rings. The summed E-state index contributed by atoms with van der Waals surface area (Å²) >= 11 is 7.97. The molecule has 0 bridgehead atoms. The van der Waals surface area contributed by atoms with E-state index >= 15 is 0 Å². The van der Waals surface area contributed by atoms with Crippen molar-refractivity contribution < 1.29 is 9.52 Å². The van der Waals surface area contributed by atoms with E-state index in [2.05, 4.69) is 22.6 Å². The van der Waals surface area contributed by atoms with Crippen molar-refractivity contribution in [3.05, 3.63) is 38.9 Å². The first kappa shape index (κ1) is 10.2. The molecule has 0 radical (unpaired) electrons. The van der Waals surface area contributed by atoms with Crippen molar-refractivity contribution in [2.75, 3.05) is 0 Å². The minimum Gasteiger partial charge on any atom is -0.507 e. The third-order valence-electron chi connectivity index (χ3n) is 2.50. The van der Waals surface area contributed by atoms with Gasteiger partial charge in [0, 0.05) is 21.9 Å². The summed E-state index contributed by atoms with van der Waals surface area (Å²) in [6.07, 6.45) is 0. The average molecular weight is 345 g/mol. The summed E-state index contributed by atoms with van der Waals surface area (Å²) < 4.78 is 6.44. The molecule has 0 unspecified atom stereocenters. The van der Waals surface area contributed by atoms with Crippen LogP contribution in [-0.4, -0.2) is 5.11 Å². The van der Waals surface area contributed by atoms with Crippen molar-refractivity contribution in [3.8, 4) is 5.75 Å². The summed E-state index contributed by atoms with van der Waals surface area (Å²) in [5.74, 6) is 0.269. The van der Waals surface area contributed by atoms with Gasteiger partial charge in [-0.05, 0) is 46.9 Å². The van der Waals surface area contributed by atoms with Crippen LogP contribution in [0.1, 0.15) is 0 Å². The Labute approximate surface area is 110 Å². The van der Waals surface area contributed by atoms with Crippen LogP contribution in [0.4, 0.5) is 0 Å². The van der Waals surface area contributed by atoms with Gasteiger partial charge in [-0.1, -0.05) is 11.6 Å². The summed E-state index contributed by atoms with van der Waals surface area (Å²) in [6, 6.07) is 9.03. The highest BCUT2D eigenvalue weighted by molar-refractivity contribution is 14.1. The van der Waals surface area contributed by atoms with Crippen molar-refractivity contribution in [2.24, 2.45) is 0 Å². The molecule has 0 aliphatic heterocycles. The topological polar surface area (TPSA) is 33.4 Å². The summed E-state index contributed by atoms with van der Waals surface area (Å²) in [4.78, 5) is 0. The quantitative estimate of drug-likeness (QED) is 0.607. The molecular formula is C12H6ClIO2. The Bertz CT molecular complexity index is 703. The molecule has 2 aromatic carbocycles. The van der Waals surface area contributed by atoms with Gasteiger partial charge in [0.25, 0.3) is 0 Å². The van der Waals surface area contributed by atoms with Crippen molar-refractivity contribution in [1.82, 2.24) is 0 Å². The third kappa shape index (κ3) is 1.46. The fourth-order valence-electron chi connectivity index (χ4n) is 1.76. The van der Waals surface area contributed by atoms with Crippen LogP contribution in [0.15, 0.2) is 34.7 Å². The lowest BCUT2D eigenvalue weighted by Crippen LogP contribution is -1.73. The number of furan rings is 1. The number of halogens is 2. The van der Waals surface area contributed by atoms with E-state index in [4.69, 9.17) is 16.0 Å². The molecule has 16 heavy (non-hydrogen) atoms. The molecule has 0 amide bonds. The van der Waals surface area contributed by atoms with Gasteiger partial charge in [0.05, 0.1) is 3.57 Å².